The third-order valence-corrected chi connectivity index (χ3v) is 12.4. The summed E-state index contributed by atoms with van der Waals surface area (Å²) in [6.07, 6.45) is 8.72. The Morgan fingerprint density at radius 3 is 1.96 bits per heavy atom. The van der Waals surface area contributed by atoms with Crippen LogP contribution in [0.2, 0.25) is 0 Å². The Labute approximate surface area is 352 Å². The maximum Gasteiger partial charge on any atom is 0.165 e. The van der Waals surface area contributed by atoms with E-state index in [9.17, 15) is 9.90 Å². The SMILES string of the molecule is CCC(CC)(CC)C(=O)/C=C(\O)C(CC)(CC)CC.[2H]c1cc2c3c(cc4c(CC(C)(C)C)cccc42)Oc2c([c-]c4cc(C)ccc4c2CC(C)(C)C)-c3n1.[Ir]. The van der Waals surface area contributed by atoms with Gasteiger partial charge in [-0.05, 0) is 103 Å². The van der Waals surface area contributed by atoms with Crippen molar-refractivity contribution in [3.05, 3.63) is 89.3 Å². The molecule has 6 rings (SSSR count). The Hall–Kier alpha value is -3.53. The molecular formula is C51H66IrNO3-. The van der Waals surface area contributed by atoms with Crippen LogP contribution in [-0.4, -0.2) is 15.9 Å². The predicted octanol–water partition coefficient (Wildman–Crippen LogP) is 15.0. The second-order valence-corrected chi connectivity index (χ2v) is 18.4. The van der Waals surface area contributed by atoms with Gasteiger partial charge in [0.25, 0.3) is 0 Å². The minimum atomic E-state index is -0.297. The maximum atomic E-state index is 12.5. The number of ether oxygens (including phenoxy) is 1. The number of carbonyl (C=O) groups is 1. The predicted molar refractivity (Wildman–Crippen MR) is 234 cm³/mol. The van der Waals surface area contributed by atoms with Crippen LogP contribution < -0.4 is 4.74 Å². The summed E-state index contributed by atoms with van der Waals surface area (Å²) in [7, 11) is 0. The fourth-order valence-corrected chi connectivity index (χ4v) is 8.67. The van der Waals surface area contributed by atoms with Crippen LogP contribution in [0.3, 0.4) is 0 Å². The number of aryl methyl sites for hydroxylation is 1. The number of ketones is 1. The van der Waals surface area contributed by atoms with Crippen molar-refractivity contribution < 1.29 is 36.1 Å². The smallest absolute Gasteiger partial charge is 0.165 e. The van der Waals surface area contributed by atoms with E-state index in [1.165, 1.54) is 33.5 Å². The van der Waals surface area contributed by atoms with Gasteiger partial charge in [-0.15, -0.1) is 17.5 Å². The second-order valence-electron chi connectivity index (χ2n) is 18.4. The van der Waals surface area contributed by atoms with Crippen molar-refractivity contribution in [1.29, 1.82) is 0 Å². The number of carbonyl (C=O) groups excluding carboxylic acids is 1. The van der Waals surface area contributed by atoms with Gasteiger partial charge in [0.2, 0.25) is 0 Å². The first kappa shape index (κ1) is 43.6. The first-order chi connectivity index (χ1) is 26.3. The Bertz CT molecular complexity index is 2270. The number of allylic oxidation sites excluding steroid dienone is 2. The molecule has 0 bridgehead atoms. The van der Waals surface area contributed by atoms with Gasteiger partial charge in [-0.1, -0.05) is 135 Å². The molecule has 5 heteroatoms. The molecule has 0 saturated heterocycles. The number of hydrogen-bond acceptors (Lipinski definition) is 4. The van der Waals surface area contributed by atoms with Gasteiger partial charge in [-0.3, -0.25) is 9.78 Å². The zero-order valence-corrected chi connectivity index (χ0v) is 38.8. The summed E-state index contributed by atoms with van der Waals surface area (Å²) in [6.45, 7) is 28.1. The van der Waals surface area contributed by atoms with Crippen LogP contribution in [0.1, 0.15) is 140 Å². The summed E-state index contributed by atoms with van der Waals surface area (Å²) >= 11 is 0. The molecule has 5 aromatic rings. The first-order valence-electron chi connectivity index (χ1n) is 21.3. The average molecular weight is 934 g/mol. The molecule has 303 valence electrons. The molecule has 0 spiro atoms. The van der Waals surface area contributed by atoms with Crippen LogP contribution >= 0.6 is 0 Å². The van der Waals surface area contributed by atoms with Crippen molar-refractivity contribution >= 4 is 38.1 Å². The van der Waals surface area contributed by atoms with E-state index in [0.717, 1.165) is 95.7 Å². The maximum absolute atomic E-state index is 12.5. The largest absolute Gasteiger partial charge is 0.512 e. The van der Waals surface area contributed by atoms with Crippen LogP contribution in [0, 0.1) is 34.7 Å². The second kappa shape index (κ2) is 17.5. The van der Waals surface area contributed by atoms with Crippen LogP contribution in [-0.2, 0) is 37.7 Å². The van der Waals surface area contributed by atoms with Gasteiger partial charge in [0, 0.05) is 54.3 Å². The summed E-state index contributed by atoms with van der Waals surface area (Å²) in [5, 5.41) is 17.0. The molecule has 1 N–H and O–H groups in total. The van der Waals surface area contributed by atoms with E-state index in [4.69, 9.17) is 11.1 Å². The van der Waals surface area contributed by atoms with Gasteiger partial charge < -0.3 is 9.84 Å². The quantitative estimate of drug-likeness (QED) is 0.0609. The van der Waals surface area contributed by atoms with E-state index in [2.05, 4.69) is 139 Å². The van der Waals surface area contributed by atoms with Crippen molar-refractivity contribution in [2.24, 2.45) is 21.7 Å². The van der Waals surface area contributed by atoms with Crippen LogP contribution in [0.4, 0.5) is 0 Å². The van der Waals surface area contributed by atoms with E-state index in [0.29, 0.717) is 0 Å². The molecule has 0 amide bonds. The van der Waals surface area contributed by atoms with E-state index in [-0.39, 0.29) is 59.5 Å². The van der Waals surface area contributed by atoms with Gasteiger partial charge >= 0.3 is 0 Å². The van der Waals surface area contributed by atoms with Gasteiger partial charge in [0.1, 0.15) is 11.5 Å². The number of aliphatic hydroxyl groups is 1. The van der Waals surface area contributed by atoms with Crippen LogP contribution in [0.5, 0.6) is 11.5 Å². The summed E-state index contributed by atoms with van der Waals surface area (Å²) in [5.74, 6) is 2.04. The van der Waals surface area contributed by atoms with Gasteiger partial charge in [-0.25, -0.2) is 0 Å². The van der Waals surface area contributed by atoms with Crippen LogP contribution in [0.25, 0.3) is 43.6 Å². The number of nitrogens with zero attached hydrogens (tertiary/aromatic N) is 1. The number of benzene rings is 4. The summed E-state index contributed by atoms with van der Waals surface area (Å²) in [5.41, 5.74) is 5.07. The number of rotatable bonds is 11. The summed E-state index contributed by atoms with van der Waals surface area (Å²) < 4.78 is 15.5. The monoisotopic (exact) mass is 934 g/mol. The fraction of sp³-hybridized carbons (Fsp3) is 0.490. The molecule has 4 nitrogen and oxygen atoms in total. The third kappa shape index (κ3) is 8.95. The van der Waals surface area contributed by atoms with E-state index in [1.54, 1.807) is 0 Å². The first-order valence-corrected chi connectivity index (χ1v) is 20.8. The number of aromatic nitrogens is 1. The minimum Gasteiger partial charge on any atom is -0.512 e. The van der Waals surface area contributed by atoms with Crippen LogP contribution in [0.15, 0.2) is 66.5 Å². The fourth-order valence-electron chi connectivity index (χ4n) is 8.67. The Balaban J connectivity index is 0.000000309. The molecule has 0 aliphatic carbocycles. The standard InChI is InChI=1S/C34H34NO.C17H32O2.Ir/c1-20-11-12-23-22(15-20)16-27-31-30-25(13-14-35-31)24-10-8-9-21(18-33(2,3)4)26(24)17-29(30)36-32(27)28(23)19-34(5,6)7;1-7-16(8-2,9-3)14(18)13-15(19)17(10-4,11-5)12-6;/h8-15,17H,18-19H2,1-7H3;13,18H,7-12H2,1-6H3;/q-1;;/b;14-13-;/i14D;;. The van der Waals surface area contributed by atoms with E-state index in [1.807, 2.05) is 6.07 Å². The van der Waals surface area contributed by atoms with Crippen molar-refractivity contribution in [3.8, 4) is 22.8 Å². The molecule has 1 aliphatic rings. The Kier molecular flexibility index (Phi) is 13.6. The molecule has 2 heterocycles. The molecular weight excluding hydrogens is 867 g/mol. The Morgan fingerprint density at radius 2 is 1.39 bits per heavy atom. The Morgan fingerprint density at radius 1 is 0.786 bits per heavy atom. The molecule has 1 radical (unpaired) electrons. The number of fused-ring (bicyclic) bond motifs is 5. The number of aliphatic hydroxyl groups excluding tert-OH is 1. The van der Waals surface area contributed by atoms with Crippen molar-refractivity contribution in [1.82, 2.24) is 4.98 Å². The summed E-state index contributed by atoms with van der Waals surface area (Å²) in [6, 6.07) is 20.8. The normalized spacial score (nSPS) is 13.4. The molecule has 0 saturated carbocycles. The third-order valence-electron chi connectivity index (χ3n) is 12.4. The molecule has 1 aliphatic heterocycles. The van der Waals surface area contributed by atoms with E-state index >= 15 is 0 Å². The van der Waals surface area contributed by atoms with Gasteiger partial charge in [0.05, 0.1) is 7.12 Å². The molecule has 0 atom stereocenters. The zero-order chi connectivity index (χ0) is 41.4. The summed E-state index contributed by atoms with van der Waals surface area (Å²) in [4.78, 5) is 17.3. The van der Waals surface area contributed by atoms with Crippen molar-refractivity contribution in [3.63, 3.8) is 0 Å². The molecule has 0 unspecified atom stereocenters. The van der Waals surface area contributed by atoms with Gasteiger partial charge in [0.15, 0.2) is 5.78 Å². The number of hydrogen-bond donors (Lipinski definition) is 1. The topological polar surface area (TPSA) is 59.4 Å². The zero-order valence-electron chi connectivity index (χ0n) is 37.4. The molecule has 4 aromatic carbocycles. The average Bonchev–Trinajstić information content (AvgIpc) is 3.13. The van der Waals surface area contributed by atoms with Gasteiger partial charge in [-0.2, -0.15) is 0 Å². The van der Waals surface area contributed by atoms with E-state index < -0.39 is 0 Å². The number of pyridine rings is 1. The minimum absolute atomic E-state index is 0. The molecule has 56 heavy (non-hydrogen) atoms. The molecule has 0 fully saturated rings. The van der Waals surface area contributed by atoms with Crippen molar-refractivity contribution in [2.45, 2.75) is 141 Å². The van der Waals surface area contributed by atoms with Crippen molar-refractivity contribution in [2.75, 3.05) is 0 Å². The molecule has 1 aromatic heterocycles.